The average Bonchev–Trinajstić information content (AvgIpc) is 3.20. The highest BCUT2D eigenvalue weighted by Crippen LogP contribution is 2.42. The zero-order chi connectivity index (χ0) is 23.2. The molecule has 170 valence electrons. The lowest BCUT2D eigenvalue weighted by Crippen LogP contribution is -2.28. The van der Waals surface area contributed by atoms with Crippen LogP contribution < -0.4 is 0 Å². The highest BCUT2D eigenvalue weighted by molar-refractivity contribution is 8.13. The Bertz CT molecular complexity index is 1150. The van der Waals surface area contributed by atoms with Crippen LogP contribution in [0.1, 0.15) is 42.2 Å². The highest BCUT2D eigenvalue weighted by Gasteiger charge is 2.35. The molecule has 0 aliphatic carbocycles. The van der Waals surface area contributed by atoms with E-state index in [0.717, 1.165) is 27.4 Å². The molecular weight excluding hydrogens is 432 g/mol. The first-order valence-corrected chi connectivity index (χ1v) is 12.5. The summed E-state index contributed by atoms with van der Waals surface area (Å²) in [6, 6.07) is 20.2. The normalized spacial score (nSPS) is 15.2. The minimum atomic E-state index is -0.338. The molecule has 0 bridgehead atoms. The number of hydrogen-bond acceptors (Lipinski definition) is 5. The van der Waals surface area contributed by atoms with Gasteiger partial charge in [-0.2, -0.15) is 0 Å². The molecule has 2 aromatic carbocycles. The molecule has 1 aromatic heterocycles. The number of Topliss-reactive ketones (excluding diaryl/α,β-unsaturated/α-hetero) is 1. The SMILES string of the molecule is CCOC(=O)CCCC1C(=O)c2c(c(-c3ccccc3)cn2Cc2ccccc2)N=C1SC. The number of hydrogen-bond donors (Lipinski definition) is 0. The Hall–Kier alpha value is -3.12. The second-order valence-corrected chi connectivity index (χ2v) is 8.81. The van der Waals surface area contributed by atoms with Gasteiger partial charge in [-0.05, 0) is 37.1 Å². The molecule has 6 heteroatoms. The van der Waals surface area contributed by atoms with Gasteiger partial charge in [-0.3, -0.25) is 9.59 Å². The summed E-state index contributed by atoms with van der Waals surface area (Å²) in [5.41, 5.74) is 4.52. The smallest absolute Gasteiger partial charge is 0.305 e. The molecule has 0 saturated carbocycles. The van der Waals surface area contributed by atoms with Gasteiger partial charge in [0.2, 0.25) is 0 Å². The predicted octanol–water partition coefficient (Wildman–Crippen LogP) is 6.14. The minimum Gasteiger partial charge on any atom is -0.466 e. The van der Waals surface area contributed by atoms with E-state index in [1.54, 1.807) is 6.92 Å². The second kappa shape index (κ2) is 10.7. The summed E-state index contributed by atoms with van der Waals surface area (Å²) in [6.07, 6.45) is 5.49. The number of aliphatic imine (C=N–C) groups is 1. The fraction of sp³-hybridized carbons (Fsp3) is 0.296. The Morgan fingerprint density at radius 3 is 2.45 bits per heavy atom. The number of benzene rings is 2. The van der Waals surface area contributed by atoms with Crippen LogP contribution >= 0.6 is 11.8 Å². The maximum absolute atomic E-state index is 13.8. The topological polar surface area (TPSA) is 60.7 Å². The van der Waals surface area contributed by atoms with Gasteiger partial charge in [0.05, 0.1) is 17.6 Å². The molecule has 33 heavy (non-hydrogen) atoms. The van der Waals surface area contributed by atoms with E-state index >= 15 is 0 Å². The molecule has 5 nitrogen and oxygen atoms in total. The minimum absolute atomic E-state index is 0.0753. The molecule has 0 amide bonds. The molecule has 0 fully saturated rings. The fourth-order valence-electron chi connectivity index (χ4n) is 4.24. The van der Waals surface area contributed by atoms with E-state index in [-0.39, 0.29) is 17.7 Å². The summed E-state index contributed by atoms with van der Waals surface area (Å²) >= 11 is 1.51. The molecule has 0 radical (unpaired) electrons. The molecule has 3 aromatic rings. The molecule has 4 rings (SSSR count). The summed E-state index contributed by atoms with van der Waals surface area (Å²) < 4.78 is 7.08. The molecular formula is C27H28N2O3S. The zero-order valence-electron chi connectivity index (χ0n) is 19.0. The third kappa shape index (κ3) is 5.11. The van der Waals surface area contributed by atoms with E-state index in [2.05, 4.69) is 12.1 Å². The maximum Gasteiger partial charge on any atom is 0.305 e. The lowest BCUT2D eigenvalue weighted by atomic mass is 9.92. The third-order valence-corrected chi connectivity index (χ3v) is 6.58. The van der Waals surface area contributed by atoms with Gasteiger partial charge in [0.25, 0.3) is 0 Å². The van der Waals surface area contributed by atoms with Crippen molar-refractivity contribution >= 4 is 34.2 Å². The first kappa shape index (κ1) is 23.1. The molecule has 1 unspecified atom stereocenters. The third-order valence-electron chi connectivity index (χ3n) is 5.79. The predicted molar refractivity (Wildman–Crippen MR) is 134 cm³/mol. The lowest BCUT2D eigenvalue weighted by molar-refractivity contribution is -0.143. The molecule has 1 aliphatic rings. The Morgan fingerprint density at radius 1 is 1.09 bits per heavy atom. The average molecular weight is 461 g/mol. The van der Waals surface area contributed by atoms with Gasteiger partial charge in [0.1, 0.15) is 11.4 Å². The van der Waals surface area contributed by atoms with E-state index in [1.165, 1.54) is 11.8 Å². The Morgan fingerprint density at radius 2 is 1.79 bits per heavy atom. The zero-order valence-corrected chi connectivity index (χ0v) is 19.8. The standard InChI is InChI=1S/C27H28N2O3S/c1-3-32-23(30)16-10-15-21-26(31)25-24(28-27(21)33-2)22(20-13-8-5-9-14-20)18-29(25)17-19-11-6-4-7-12-19/h4-9,11-14,18,21H,3,10,15-17H2,1-2H3. The van der Waals surface area contributed by atoms with Gasteiger partial charge in [-0.25, -0.2) is 4.99 Å². The summed E-state index contributed by atoms with van der Waals surface area (Å²) in [4.78, 5) is 30.6. The van der Waals surface area contributed by atoms with Crippen molar-refractivity contribution in [3.63, 3.8) is 0 Å². The van der Waals surface area contributed by atoms with Crippen LogP contribution in [0.4, 0.5) is 5.69 Å². The van der Waals surface area contributed by atoms with Crippen LogP contribution in [-0.4, -0.2) is 34.2 Å². The molecule has 0 spiro atoms. The van der Waals surface area contributed by atoms with Crippen molar-refractivity contribution in [1.29, 1.82) is 0 Å². The molecule has 2 heterocycles. The molecule has 1 aliphatic heterocycles. The van der Waals surface area contributed by atoms with Gasteiger partial charge >= 0.3 is 5.97 Å². The van der Waals surface area contributed by atoms with Crippen LogP contribution in [0.3, 0.4) is 0 Å². The Kier molecular flexibility index (Phi) is 7.45. The molecule has 1 atom stereocenters. The van der Waals surface area contributed by atoms with Crippen molar-refractivity contribution in [2.45, 2.75) is 32.7 Å². The van der Waals surface area contributed by atoms with Gasteiger partial charge in [-0.1, -0.05) is 60.7 Å². The van der Waals surface area contributed by atoms with Crippen LogP contribution in [0.25, 0.3) is 11.1 Å². The lowest BCUT2D eigenvalue weighted by Gasteiger charge is -2.23. The van der Waals surface area contributed by atoms with E-state index in [4.69, 9.17) is 9.73 Å². The fourth-order valence-corrected chi connectivity index (χ4v) is 4.93. The summed E-state index contributed by atoms with van der Waals surface area (Å²) in [5, 5.41) is 0.811. The van der Waals surface area contributed by atoms with Crippen LogP contribution in [0.2, 0.25) is 0 Å². The first-order valence-electron chi connectivity index (χ1n) is 11.3. The number of aromatic nitrogens is 1. The van der Waals surface area contributed by atoms with E-state index in [9.17, 15) is 9.59 Å². The van der Waals surface area contributed by atoms with Crippen LogP contribution in [0.15, 0.2) is 71.9 Å². The van der Waals surface area contributed by atoms with Crippen molar-refractivity contribution < 1.29 is 14.3 Å². The van der Waals surface area contributed by atoms with Gasteiger partial charge in [-0.15, -0.1) is 11.8 Å². The number of ether oxygens (including phenoxy) is 1. The summed E-state index contributed by atoms with van der Waals surface area (Å²) in [7, 11) is 0. The van der Waals surface area contributed by atoms with Gasteiger partial charge in [0, 0.05) is 24.7 Å². The number of carbonyl (C=O) groups is 2. The van der Waals surface area contributed by atoms with E-state index < -0.39 is 0 Å². The second-order valence-electron chi connectivity index (χ2n) is 7.99. The molecule has 0 N–H and O–H groups in total. The molecule has 0 saturated heterocycles. The number of ketones is 1. The van der Waals surface area contributed by atoms with Crippen LogP contribution in [0.5, 0.6) is 0 Å². The Labute approximate surface area is 198 Å². The number of carbonyl (C=O) groups excluding carboxylic acids is 2. The van der Waals surface area contributed by atoms with Crippen molar-refractivity contribution in [3.8, 4) is 11.1 Å². The first-order chi connectivity index (χ1) is 16.1. The van der Waals surface area contributed by atoms with E-state index in [0.29, 0.717) is 38.1 Å². The number of esters is 1. The number of rotatable bonds is 8. The largest absolute Gasteiger partial charge is 0.466 e. The van der Waals surface area contributed by atoms with Crippen molar-refractivity contribution in [2.24, 2.45) is 10.9 Å². The maximum atomic E-state index is 13.8. The van der Waals surface area contributed by atoms with Crippen LogP contribution in [0, 0.1) is 5.92 Å². The summed E-state index contributed by atoms with van der Waals surface area (Å²) in [5.74, 6) is -0.482. The number of thioether (sulfide) groups is 1. The van der Waals surface area contributed by atoms with Crippen LogP contribution in [-0.2, 0) is 16.1 Å². The van der Waals surface area contributed by atoms with Crippen molar-refractivity contribution in [2.75, 3.05) is 12.9 Å². The summed E-state index contributed by atoms with van der Waals surface area (Å²) in [6.45, 7) is 2.77. The van der Waals surface area contributed by atoms with Crippen molar-refractivity contribution in [3.05, 3.63) is 78.1 Å². The van der Waals surface area contributed by atoms with Crippen molar-refractivity contribution in [1.82, 2.24) is 4.57 Å². The highest BCUT2D eigenvalue weighted by atomic mass is 32.2. The van der Waals surface area contributed by atoms with E-state index in [1.807, 2.05) is 65.6 Å². The number of fused-ring (bicyclic) bond motifs is 1. The quantitative estimate of drug-likeness (QED) is 0.379. The van der Waals surface area contributed by atoms with Gasteiger partial charge < -0.3 is 9.30 Å². The van der Waals surface area contributed by atoms with Gasteiger partial charge in [0.15, 0.2) is 5.78 Å². The Balaban J connectivity index is 1.71. The number of nitrogens with zero attached hydrogens (tertiary/aromatic N) is 2. The monoisotopic (exact) mass is 460 g/mol.